The number of nitrogens with one attached hydrogen (secondary N) is 1. The highest BCUT2D eigenvalue weighted by molar-refractivity contribution is 5.32. The highest BCUT2D eigenvalue weighted by Gasteiger charge is 2.20. The second-order valence-corrected chi connectivity index (χ2v) is 5.35. The molecule has 19 heavy (non-hydrogen) atoms. The van der Waals surface area contributed by atoms with Crippen LogP contribution in [0.5, 0.6) is 5.88 Å². The molecule has 0 bridgehead atoms. The molecule has 5 nitrogen and oxygen atoms in total. The summed E-state index contributed by atoms with van der Waals surface area (Å²) >= 11 is 0. The van der Waals surface area contributed by atoms with Gasteiger partial charge in [0.1, 0.15) is 0 Å². The van der Waals surface area contributed by atoms with Crippen molar-refractivity contribution < 1.29 is 4.74 Å². The van der Waals surface area contributed by atoms with Gasteiger partial charge in [-0.2, -0.15) is 4.98 Å². The molecule has 2 rings (SSSR count). The smallest absolute Gasteiger partial charge is 0.228 e. The van der Waals surface area contributed by atoms with Crippen molar-refractivity contribution >= 4 is 5.95 Å². The molecule has 106 valence electrons. The first-order valence-electron chi connectivity index (χ1n) is 7.08. The van der Waals surface area contributed by atoms with Gasteiger partial charge in [-0.05, 0) is 46.2 Å². The number of hydrogen-bond donors (Lipinski definition) is 1. The highest BCUT2D eigenvalue weighted by Crippen LogP contribution is 2.21. The van der Waals surface area contributed by atoms with Gasteiger partial charge in [-0.3, -0.25) is 0 Å². The molecule has 1 saturated heterocycles. The van der Waals surface area contributed by atoms with E-state index in [9.17, 15) is 0 Å². The summed E-state index contributed by atoms with van der Waals surface area (Å²) in [6, 6.07) is 1.82. The zero-order valence-electron chi connectivity index (χ0n) is 12.1. The van der Waals surface area contributed by atoms with Crippen LogP contribution in [0.1, 0.15) is 26.7 Å². The van der Waals surface area contributed by atoms with Gasteiger partial charge in [0.15, 0.2) is 0 Å². The van der Waals surface area contributed by atoms with Gasteiger partial charge < -0.3 is 15.0 Å². The Morgan fingerprint density at radius 2 is 2.16 bits per heavy atom. The number of hydrogen-bond acceptors (Lipinski definition) is 5. The molecule has 1 aromatic rings. The first-order valence-corrected chi connectivity index (χ1v) is 7.08. The Hall–Kier alpha value is -1.36. The fraction of sp³-hybridized carbons (Fsp3) is 0.714. The predicted octanol–water partition coefficient (Wildman–Crippen LogP) is 1.70. The molecule has 0 aromatic carbocycles. The largest absolute Gasteiger partial charge is 0.475 e. The van der Waals surface area contributed by atoms with Gasteiger partial charge in [0, 0.05) is 25.4 Å². The minimum Gasteiger partial charge on any atom is -0.475 e. The maximum atomic E-state index is 5.62. The summed E-state index contributed by atoms with van der Waals surface area (Å²) in [4.78, 5) is 11.1. The van der Waals surface area contributed by atoms with Crippen LogP contribution in [-0.4, -0.2) is 42.8 Å². The molecule has 0 aliphatic carbocycles. The Kier molecular flexibility index (Phi) is 4.96. The average Bonchev–Trinajstić information content (AvgIpc) is 2.39. The minimum atomic E-state index is 0.143. The van der Waals surface area contributed by atoms with Crippen molar-refractivity contribution in [3.8, 4) is 5.88 Å². The van der Waals surface area contributed by atoms with E-state index in [-0.39, 0.29) is 6.10 Å². The monoisotopic (exact) mass is 264 g/mol. The maximum absolute atomic E-state index is 5.62. The third-order valence-electron chi connectivity index (χ3n) is 3.36. The van der Waals surface area contributed by atoms with E-state index in [0.717, 1.165) is 31.5 Å². The van der Waals surface area contributed by atoms with Crippen LogP contribution in [0.4, 0.5) is 5.95 Å². The van der Waals surface area contributed by atoms with Gasteiger partial charge in [-0.25, -0.2) is 4.98 Å². The molecule has 0 amide bonds. The molecular formula is C14H24N4O. The molecule has 2 heterocycles. The number of piperidine rings is 1. The topological polar surface area (TPSA) is 50.3 Å². The highest BCUT2D eigenvalue weighted by atomic mass is 16.5. The van der Waals surface area contributed by atoms with Crippen LogP contribution in [0, 0.1) is 5.92 Å². The van der Waals surface area contributed by atoms with Gasteiger partial charge in [-0.1, -0.05) is 0 Å². The standard InChI is InChI=1S/C14H24N4O/c1-11(2)19-13-4-7-16-14(17-13)18-8-5-12(6-9-18)10-15-3/h4,7,11-12,15H,5-6,8-10H2,1-3H3. The molecule has 0 radical (unpaired) electrons. The van der Waals surface area contributed by atoms with Crippen LogP contribution in [-0.2, 0) is 0 Å². The summed E-state index contributed by atoms with van der Waals surface area (Å²) in [6.07, 6.45) is 4.31. The van der Waals surface area contributed by atoms with E-state index in [2.05, 4.69) is 20.2 Å². The molecule has 1 aliphatic heterocycles. The van der Waals surface area contributed by atoms with Gasteiger partial charge >= 0.3 is 0 Å². The summed E-state index contributed by atoms with van der Waals surface area (Å²) < 4.78 is 5.62. The van der Waals surface area contributed by atoms with Gasteiger partial charge in [0.25, 0.3) is 0 Å². The molecule has 1 aliphatic rings. The van der Waals surface area contributed by atoms with Crippen LogP contribution >= 0.6 is 0 Å². The summed E-state index contributed by atoms with van der Waals surface area (Å²) in [7, 11) is 2.02. The molecule has 1 aromatic heterocycles. The Morgan fingerprint density at radius 3 is 2.79 bits per heavy atom. The molecule has 1 fully saturated rings. The van der Waals surface area contributed by atoms with E-state index in [1.165, 1.54) is 12.8 Å². The Labute approximate surface area is 115 Å². The van der Waals surface area contributed by atoms with E-state index in [0.29, 0.717) is 5.88 Å². The van der Waals surface area contributed by atoms with Crippen molar-refractivity contribution in [2.45, 2.75) is 32.8 Å². The quantitative estimate of drug-likeness (QED) is 0.877. The van der Waals surface area contributed by atoms with Crippen molar-refractivity contribution in [1.29, 1.82) is 0 Å². The Balaban J connectivity index is 1.95. The lowest BCUT2D eigenvalue weighted by molar-refractivity contribution is 0.232. The van der Waals surface area contributed by atoms with E-state index < -0.39 is 0 Å². The summed E-state index contributed by atoms with van der Waals surface area (Å²) in [6.45, 7) is 7.16. The van der Waals surface area contributed by atoms with Crippen molar-refractivity contribution in [1.82, 2.24) is 15.3 Å². The minimum absolute atomic E-state index is 0.143. The zero-order chi connectivity index (χ0) is 13.7. The van der Waals surface area contributed by atoms with Crippen molar-refractivity contribution in [3.05, 3.63) is 12.3 Å². The molecule has 0 saturated carbocycles. The number of rotatable bonds is 5. The van der Waals surface area contributed by atoms with Crippen LogP contribution in [0.3, 0.4) is 0 Å². The third kappa shape index (κ3) is 4.06. The number of ether oxygens (including phenoxy) is 1. The molecule has 5 heteroatoms. The Morgan fingerprint density at radius 1 is 1.42 bits per heavy atom. The van der Waals surface area contributed by atoms with Crippen LogP contribution in [0.2, 0.25) is 0 Å². The van der Waals surface area contributed by atoms with Gasteiger partial charge in [-0.15, -0.1) is 0 Å². The first kappa shape index (κ1) is 14.1. The average molecular weight is 264 g/mol. The molecular weight excluding hydrogens is 240 g/mol. The van der Waals surface area contributed by atoms with Gasteiger partial charge in [0.05, 0.1) is 6.10 Å². The number of anilines is 1. The normalized spacial score (nSPS) is 16.9. The predicted molar refractivity (Wildman–Crippen MR) is 76.7 cm³/mol. The molecule has 0 atom stereocenters. The maximum Gasteiger partial charge on any atom is 0.228 e. The lowest BCUT2D eigenvalue weighted by atomic mass is 9.97. The van der Waals surface area contributed by atoms with Crippen molar-refractivity contribution in [2.75, 3.05) is 31.6 Å². The lowest BCUT2D eigenvalue weighted by Crippen LogP contribution is -2.37. The lowest BCUT2D eigenvalue weighted by Gasteiger charge is -2.31. The molecule has 1 N–H and O–H groups in total. The van der Waals surface area contributed by atoms with E-state index in [4.69, 9.17) is 4.74 Å². The second kappa shape index (κ2) is 6.70. The Bertz CT molecular complexity index is 389. The fourth-order valence-electron chi connectivity index (χ4n) is 2.42. The third-order valence-corrected chi connectivity index (χ3v) is 3.36. The van der Waals surface area contributed by atoms with E-state index >= 15 is 0 Å². The second-order valence-electron chi connectivity index (χ2n) is 5.35. The van der Waals surface area contributed by atoms with Gasteiger partial charge in [0.2, 0.25) is 11.8 Å². The van der Waals surface area contributed by atoms with Crippen LogP contribution in [0.15, 0.2) is 12.3 Å². The molecule has 0 unspecified atom stereocenters. The number of nitrogens with zero attached hydrogens (tertiary/aromatic N) is 3. The summed E-state index contributed by atoms with van der Waals surface area (Å²) in [5, 5.41) is 3.25. The van der Waals surface area contributed by atoms with E-state index in [1.54, 1.807) is 6.20 Å². The summed E-state index contributed by atoms with van der Waals surface area (Å²) in [5.74, 6) is 2.23. The first-order chi connectivity index (χ1) is 9.19. The summed E-state index contributed by atoms with van der Waals surface area (Å²) in [5.41, 5.74) is 0. The fourth-order valence-corrected chi connectivity index (χ4v) is 2.42. The SMILES string of the molecule is CNCC1CCN(c2nccc(OC(C)C)n2)CC1. The van der Waals surface area contributed by atoms with Crippen molar-refractivity contribution in [3.63, 3.8) is 0 Å². The van der Waals surface area contributed by atoms with Crippen LogP contribution in [0.25, 0.3) is 0 Å². The van der Waals surface area contributed by atoms with E-state index in [1.807, 2.05) is 27.0 Å². The van der Waals surface area contributed by atoms with Crippen LogP contribution < -0.4 is 15.0 Å². The number of aromatic nitrogens is 2. The molecule has 0 spiro atoms. The van der Waals surface area contributed by atoms with Crippen molar-refractivity contribution in [2.24, 2.45) is 5.92 Å². The zero-order valence-corrected chi connectivity index (χ0v) is 12.1.